The number of ether oxygens (including phenoxy) is 1. The highest BCUT2D eigenvalue weighted by Crippen LogP contribution is 2.26. The molecular weight excluding hydrogens is 232 g/mol. The molecule has 0 fully saturated rings. The van der Waals surface area contributed by atoms with Crippen molar-refractivity contribution < 1.29 is 4.74 Å². The lowest BCUT2D eigenvalue weighted by Gasteiger charge is -2.07. The fourth-order valence-corrected chi connectivity index (χ4v) is 2.28. The zero-order valence-corrected chi connectivity index (χ0v) is 11.1. The van der Waals surface area contributed by atoms with Crippen molar-refractivity contribution in [2.75, 3.05) is 6.61 Å². The minimum Gasteiger partial charge on any atom is -0.494 e. The molecule has 0 aromatic heterocycles. The van der Waals surface area contributed by atoms with E-state index in [1.165, 1.54) is 21.5 Å². The van der Waals surface area contributed by atoms with Crippen LogP contribution in [0, 0.1) is 6.07 Å². The summed E-state index contributed by atoms with van der Waals surface area (Å²) in [6.45, 7) is 2.97. The van der Waals surface area contributed by atoms with E-state index in [2.05, 4.69) is 49.4 Å². The van der Waals surface area contributed by atoms with Gasteiger partial charge in [-0.2, -0.15) is 0 Å². The van der Waals surface area contributed by atoms with Gasteiger partial charge in [-0.15, -0.1) is 0 Å². The smallest absolute Gasteiger partial charge is 0.119 e. The Morgan fingerprint density at radius 3 is 2.68 bits per heavy atom. The monoisotopic (exact) mass is 249 g/mol. The molecule has 0 unspecified atom stereocenters. The number of rotatable bonds is 4. The highest BCUT2D eigenvalue weighted by Gasteiger charge is 2.00. The summed E-state index contributed by atoms with van der Waals surface area (Å²) in [5.41, 5.74) is 0. The Bertz CT molecular complexity index is 700. The zero-order valence-electron chi connectivity index (χ0n) is 11.1. The van der Waals surface area contributed by atoms with Crippen LogP contribution in [0.25, 0.3) is 21.5 Å². The average Bonchev–Trinajstić information content (AvgIpc) is 2.45. The molecule has 0 aliphatic rings. The fourth-order valence-electron chi connectivity index (χ4n) is 2.28. The predicted molar refractivity (Wildman–Crippen MR) is 80.7 cm³/mol. The number of fused-ring (bicyclic) bond motifs is 2. The van der Waals surface area contributed by atoms with Crippen molar-refractivity contribution in [3.05, 3.63) is 54.6 Å². The van der Waals surface area contributed by atoms with E-state index in [0.29, 0.717) is 0 Å². The highest BCUT2D eigenvalue weighted by molar-refractivity contribution is 5.98. The molecule has 19 heavy (non-hydrogen) atoms. The molecular formula is C18H17O. The normalized spacial score (nSPS) is 11.0. The fraction of sp³-hybridized carbons (Fsp3) is 0.222. The first-order chi connectivity index (χ1) is 9.36. The molecule has 0 aliphatic carbocycles. The molecule has 1 radical (unpaired) electrons. The maximum Gasteiger partial charge on any atom is 0.119 e. The molecule has 0 aliphatic heterocycles. The van der Waals surface area contributed by atoms with Gasteiger partial charge in [-0.05, 0) is 64.4 Å². The largest absolute Gasteiger partial charge is 0.494 e. The molecule has 0 saturated carbocycles. The molecule has 3 aromatic carbocycles. The van der Waals surface area contributed by atoms with Crippen molar-refractivity contribution in [2.24, 2.45) is 0 Å². The Kier molecular flexibility index (Phi) is 3.37. The minimum absolute atomic E-state index is 0.795. The van der Waals surface area contributed by atoms with Gasteiger partial charge in [0.2, 0.25) is 0 Å². The molecule has 1 heteroatoms. The van der Waals surface area contributed by atoms with Crippen LogP contribution in [0.4, 0.5) is 0 Å². The van der Waals surface area contributed by atoms with Gasteiger partial charge in [-0.3, -0.25) is 0 Å². The van der Waals surface area contributed by atoms with E-state index in [9.17, 15) is 0 Å². The molecule has 3 aromatic rings. The van der Waals surface area contributed by atoms with Crippen molar-refractivity contribution in [2.45, 2.75) is 19.8 Å². The van der Waals surface area contributed by atoms with E-state index in [-0.39, 0.29) is 0 Å². The lowest BCUT2D eigenvalue weighted by Crippen LogP contribution is -1.95. The summed E-state index contributed by atoms with van der Waals surface area (Å²) in [7, 11) is 0. The third-order valence-corrected chi connectivity index (χ3v) is 3.38. The molecule has 0 N–H and O–H groups in total. The van der Waals surface area contributed by atoms with E-state index in [1.54, 1.807) is 0 Å². The van der Waals surface area contributed by atoms with Crippen LogP contribution < -0.4 is 4.74 Å². The van der Waals surface area contributed by atoms with Crippen LogP contribution in [-0.2, 0) is 0 Å². The Hall–Kier alpha value is -2.02. The van der Waals surface area contributed by atoms with Crippen LogP contribution in [0.5, 0.6) is 5.75 Å². The lowest BCUT2D eigenvalue weighted by molar-refractivity contribution is 0.310. The van der Waals surface area contributed by atoms with E-state index < -0.39 is 0 Å². The van der Waals surface area contributed by atoms with Crippen LogP contribution in [0.1, 0.15) is 19.8 Å². The zero-order chi connectivity index (χ0) is 13.1. The number of hydrogen-bond acceptors (Lipinski definition) is 1. The summed E-state index contributed by atoms with van der Waals surface area (Å²) in [4.78, 5) is 0. The first kappa shape index (κ1) is 12.0. The second kappa shape index (κ2) is 5.31. The standard InChI is InChI=1S/C18H17O/c1-2-3-10-19-18-9-8-16-11-14-6-4-5-7-15(14)12-17(16)13-18/h4,6-9,11-13H,2-3,10H2,1H3. The SMILES string of the molecule is CCCCOc1ccc2cc3cc[c]cc3cc2c1. The van der Waals surface area contributed by atoms with Gasteiger partial charge in [0.05, 0.1) is 6.61 Å². The highest BCUT2D eigenvalue weighted by atomic mass is 16.5. The second-order valence-corrected chi connectivity index (χ2v) is 4.84. The molecule has 0 atom stereocenters. The molecule has 95 valence electrons. The van der Waals surface area contributed by atoms with E-state index in [0.717, 1.165) is 25.2 Å². The molecule has 3 rings (SSSR count). The van der Waals surface area contributed by atoms with Crippen molar-refractivity contribution in [1.82, 2.24) is 0 Å². The van der Waals surface area contributed by atoms with Crippen LogP contribution >= 0.6 is 0 Å². The van der Waals surface area contributed by atoms with E-state index >= 15 is 0 Å². The maximum absolute atomic E-state index is 5.76. The van der Waals surface area contributed by atoms with Gasteiger partial charge in [0, 0.05) is 0 Å². The lowest BCUT2D eigenvalue weighted by atomic mass is 10.0. The van der Waals surface area contributed by atoms with E-state index in [4.69, 9.17) is 4.74 Å². The first-order valence-electron chi connectivity index (χ1n) is 6.83. The molecule has 0 spiro atoms. The Morgan fingerprint density at radius 2 is 1.79 bits per heavy atom. The van der Waals surface area contributed by atoms with Crippen LogP contribution in [0.15, 0.2) is 48.5 Å². The third kappa shape index (κ3) is 2.55. The molecule has 0 amide bonds. The summed E-state index contributed by atoms with van der Waals surface area (Å²) in [5, 5.41) is 4.95. The summed E-state index contributed by atoms with van der Waals surface area (Å²) < 4.78 is 5.76. The van der Waals surface area contributed by atoms with Crippen molar-refractivity contribution in [1.29, 1.82) is 0 Å². The molecule has 0 bridgehead atoms. The van der Waals surface area contributed by atoms with Gasteiger partial charge in [-0.25, -0.2) is 0 Å². The molecule has 0 saturated heterocycles. The number of unbranched alkanes of at least 4 members (excludes halogenated alkanes) is 1. The molecule has 1 nitrogen and oxygen atoms in total. The van der Waals surface area contributed by atoms with Crippen LogP contribution in [0.3, 0.4) is 0 Å². The summed E-state index contributed by atoms with van der Waals surface area (Å²) in [6.07, 6.45) is 2.26. The van der Waals surface area contributed by atoms with Crippen LogP contribution in [0.2, 0.25) is 0 Å². The van der Waals surface area contributed by atoms with Gasteiger partial charge in [0.25, 0.3) is 0 Å². The maximum atomic E-state index is 5.76. The quantitative estimate of drug-likeness (QED) is 0.468. The van der Waals surface area contributed by atoms with Crippen molar-refractivity contribution >= 4 is 21.5 Å². The van der Waals surface area contributed by atoms with Gasteiger partial charge in [0.1, 0.15) is 5.75 Å². The summed E-state index contributed by atoms with van der Waals surface area (Å²) in [6, 6.07) is 19.9. The third-order valence-electron chi connectivity index (χ3n) is 3.38. The summed E-state index contributed by atoms with van der Waals surface area (Å²) in [5.74, 6) is 0.959. The predicted octanol–water partition coefficient (Wildman–Crippen LogP) is 4.97. The second-order valence-electron chi connectivity index (χ2n) is 4.84. The van der Waals surface area contributed by atoms with Gasteiger partial charge >= 0.3 is 0 Å². The Balaban J connectivity index is 1.99. The average molecular weight is 249 g/mol. The van der Waals surface area contributed by atoms with Crippen LogP contribution in [-0.4, -0.2) is 6.61 Å². The van der Waals surface area contributed by atoms with Crippen molar-refractivity contribution in [3.63, 3.8) is 0 Å². The number of benzene rings is 3. The van der Waals surface area contributed by atoms with Gasteiger partial charge in [0.15, 0.2) is 0 Å². The number of hydrogen-bond donors (Lipinski definition) is 0. The first-order valence-corrected chi connectivity index (χ1v) is 6.83. The minimum atomic E-state index is 0.795. The van der Waals surface area contributed by atoms with Crippen molar-refractivity contribution in [3.8, 4) is 5.75 Å². The summed E-state index contributed by atoms with van der Waals surface area (Å²) >= 11 is 0. The Morgan fingerprint density at radius 1 is 0.947 bits per heavy atom. The van der Waals surface area contributed by atoms with Gasteiger partial charge in [-0.1, -0.05) is 31.5 Å². The topological polar surface area (TPSA) is 9.23 Å². The Labute approximate surface area is 113 Å². The van der Waals surface area contributed by atoms with Gasteiger partial charge < -0.3 is 4.74 Å². The van der Waals surface area contributed by atoms with E-state index in [1.807, 2.05) is 12.1 Å². The molecule has 0 heterocycles.